The third-order valence-corrected chi connectivity index (χ3v) is 5.65. The summed E-state index contributed by atoms with van der Waals surface area (Å²) >= 11 is 0. The molecule has 7 nitrogen and oxygen atoms in total. The highest BCUT2D eigenvalue weighted by Crippen LogP contribution is 2.28. The van der Waals surface area contributed by atoms with E-state index in [1.807, 2.05) is 84.9 Å². The minimum atomic E-state index is -0.821. The van der Waals surface area contributed by atoms with Gasteiger partial charge in [0.25, 0.3) is 0 Å². The van der Waals surface area contributed by atoms with Crippen molar-refractivity contribution < 1.29 is 9.59 Å². The number of rotatable bonds is 9. The number of para-hydroxylation sites is 2. The first-order valence-electron chi connectivity index (χ1n) is 11.5. The highest BCUT2D eigenvalue weighted by molar-refractivity contribution is 6.01. The lowest BCUT2D eigenvalue weighted by molar-refractivity contribution is -0.127. The van der Waals surface area contributed by atoms with Crippen molar-refractivity contribution in [1.82, 2.24) is 20.3 Å². The van der Waals surface area contributed by atoms with Crippen molar-refractivity contribution in [2.45, 2.75) is 32.9 Å². The van der Waals surface area contributed by atoms with Gasteiger partial charge in [0.1, 0.15) is 18.1 Å². The van der Waals surface area contributed by atoms with Crippen LogP contribution in [0, 0.1) is 5.92 Å². The second kappa shape index (κ2) is 10.7. The Balaban J connectivity index is 1.72. The molecule has 0 saturated heterocycles. The largest absolute Gasteiger partial charge is 0.354 e. The quantitative estimate of drug-likeness (QED) is 0.406. The number of benzene rings is 3. The van der Waals surface area contributed by atoms with Gasteiger partial charge >= 0.3 is 0 Å². The Morgan fingerprint density at radius 2 is 1.56 bits per heavy atom. The van der Waals surface area contributed by atoms with Gasteiger partial charge in [-0.25, -0.2) is 4.68 Å². The molecule has 0 fully saturated rings. The molecule has 174 valence electrons. The number of amides is 2. The summed E-state index contributed by atoms with van der Waals surface area (Å²) in [4.78, 5) is 28.9. The zero-order valence-electron chi connectivity index (χ0n) is 19.5. The number of fused-ring (bicyclic) bond motifs is 1. The van der Waals surface area contributed by atoms with Crippen LogP contribution in [0.4, 0.5) is 5.69 Å². The van der Waals surface area contributed by atoms with E-state index in [0.29, 0.717) is 23.7 Å². The maximum Gasteiger partial charge on any atom is 0.249 e. The Morgan fingerprint density at radius 1 is 0.912 bits per heavy atom. The van der Waals surface area contributed by atoms with Crippen LogP contribution < -0.4 is 10.2 Å². The first-order chi connectivity index (χ1) is 16.5. The SMILES string of the molecule is CC(C)CCNC(=O)C(c1ccccc1)N(C(=O)Cn1nnc2ccccc21)c1ccccc1. The third-order valence-electron chi connectivity index (χ3n) is 5.65. The van der Waals surface area contributed by atoms with Crippen LogP contribution in [-0.4, -0.2) is 33.4 Å². The summed E-state index contributed by atoms with van der Waals surface area (Å²) in [6.45, 7) is 4.73. The van der Waals surface area contributed by atoms with Crippen molar-refractivity contribution in [3.63, 3.8) is 0 Å². The molecule has 1 unspecified atom stereocenters. The Kier molecular flexibility index (Phi) is 7.32. The Hall–Kier alpha value is -4.00. The molecule has 4 rings (SSSR count). The molecule has 0 bridgehead atoms. The van der Waals surface area contributed by atoms with Crippen molar-refractivity contribution in [1.29, 1.82) is 0 Å². The number of hydrogen-bond donors (Lipinski definition) is 1. The van der Waals surface area contributed by atoms with Gasteiger partial charge < -0.3 is 5.32 Å². The van der Waals surface area contributed by atoms with Crippen LogP contribution in [-0.2, 0) is 16.1 Å². The van der Waals surface area contributed by atoms with E-state index in [1.54, 1.807) is 9.58 Å². The second-order valence-corrected chi connectivity index (χ2v) is 8.62. The maximum atomic E-state index is 13.8. The summed E-state index contributed by atoms with van der Waals surface area (Å²) in [5, 5.41) is 11.4. The minimum absolute atomic E-state index is 0.0436. The summed E-state index contributed by atoms with van der Waals surface area (Å²) in [7, 11) is 0. The molecular formula is C27H29N5O2. The van der Waals surface area contributed by atoms with E-state index in [1.165, 1.54) is 0 Å². The van der Waals surface area contributed by atoms with Gasteiger partial charge in [-0.05, 0) is 42.2 Å². The molecule has 4 aromatic rings. The molecule has 0 radical (unpaired) electrons. The Labute approximate surface area is 199 Å². The first kappa shape index (κ1) is 23.2. The molecule has 1 aromatic heterocycles. The van der Waals surface area contributed by atoms with Gasteiger partial charge in [-0.1, -0.05) is 79.7 Å². The molecule has 2 amide bonds. The maximum absolute atomic E-state index is 13.8. The average Bonchev–Trinajstić information content (AvgIpc) is 3.26. The van der Waals surface area contributed by atoms with Crippen molar-refractivity contribution >= 4 is 28.5 Å². The van der Waals surface area contributed by atoms with Crippen molar-refractivity contribution in [2.24, 2.45) is 5.92 Å². The van der Waals surface area contributed by atoms with Crippen molar-refractivity contribution in [3.05, 3.63) is 90.5 Å². The number of carbonyl (C=O) groups is 2. The average molecular weight is 456 g/mol. The van der Waals surface area contributed by atoms with Gasteiger partial charge in [0.05, 0.1) is 5.52 Å². The van der Waals surface area contributed by atoms with E-state index >= 15 is 0 Å². The van der Waals surface area contributed by atoms with Crippen LogP contribution in [0.1, 0.15) is 31.9 Å². The zero-order valence-corrected chi connectivity index (χ0v) is 19.5. The number of aromatic nitrogens is 3. The standard InChI is InChI=1S/C27H29N5O2/c1-20(2)17-18-28-27(34)26(21-11-5-3-6-12-21)32(22-13-7-4-8-14-22)25(33)19-31-24-16-10-9-15-23(24)29-30-31/h3-16,20,26H,17-19H2,1-2H3,(H,28,34). The number of carbonyl (C=O) groups excluding carboxylic acids is 2. The van der Waals surface area contributed by atoms with E-state index < -0.39 is 6.04 Å². The van der Waals surface area contributed by atoms with E-state index in [-0.39, 0.29) is 18.4 Å². The van der Waals surface area contributed by atoms with Gasteiger partial charge in [0.2, 0.25) is 11.8 Å². The van der Waals surface area contributed by atoms with Crippen molar-refractivity contribution in [3.8, 4) is 0 Å². The lowest BCUT2D eigenvalue weighted by atomic mass is 10.0. The van der Waals surface area contributed by atoms with Crippen LogP contribution >= 0.6 is 0 Å². The minimum Gasteiger partial charge on any atom is -0.354 e. The highest BCUT2D eigenvalue weighted by atomic mass is 16.2. The van der Waals surface area contributed by atoms with Gasteiger partial charge in [-0.2, -0.15) is 0 Å². The molecule has 0 aliphatic rings. The topological polar surface area (TPSA) is 80.1 Å². The molecule has 1 atom stereocenters. The van der Waals surface area contributed by atoms with E-state index in [4.69, 9.17) is 0 Å². The van der Waals surface area contributed by atoms with Crippen LogP contribution in [0.15, 0.2) is 84.9 Å². The molecule has 0 aliphatic carbocycles. The second-order valence-electron chi connectivity index (χ2n) is 8.62. The van der Waals surface area contributed by atoms with Crippen LogP contribution in [0.3, 0.4) is 0 Å². The predicted molar refractivity (Wildman–Crippen MR) is 133 cm³/mol. The zero-order chi connectivity index (χ0) is 23.9. The summed E-state index contributed by atoms with van der Waals surface area (Å²) in [6.07, 6.45) is 0.859. The fourth-order valence-corrected chi connectivity index (χ4v) is 3.90. The van der Waals surface area contributed by atoms with Gasteiger partial charge in [-0.3, -0.25) is 14.5 Å². The van der Waals surface area contributed by atoms with E-state index in [0.717, 1.165) is 17.5 Å². The third kappa shape index (κ3) is 5.31. The Bertz CT molecular complexity index is 1240. The normalized spacial score (nSPS) is 12.0. The molecule has 1 N–H and O–H groups in total. The first-order valence-corrected chi connectivity index (χ1v) is 11.5. The number of nitrogens with zero attached hydrogens (tertiary/aromatic N) is 4. The molecule has 0 spiro atoms. The molecule has 0 saturated carbocycles. The summed E-state index contributed by atoms with van der Waals surface area (Å²) < 4.78 is 1.58. The predicted octanol–water partition coefficient (Wildman–Crippen LogP) is 4.37. The molecular weight excluding hydrogens is 426 g/mol. The molecule has 34 heavy (non-hydrogen) atoms. The summed E-state index contributed by atoms with van der Waals surface area (Å²) in [5.74, 6) is -0.00912. The number of nitrogens with one attached hydrogen (secondary N) is 1. The van der Waals surface area contributed by atoms with Gasteiger partial charge in [0, 0.05) is 12.2 Å². The van der Waals surface area contributed by atoms with Gasteiger partial charge in [0.15, 0.2) is 0 Å². The van der Waals surface area contributed by atoms with E-state index in [9.17, 15) is 9.59 Å². The Morgan fingerprint density at radius 3 is 2.26 bits per heavy atom. The monoisotopic (exact) mass is 455 g/mol. The van der Waals surface area contributed by atoms with Crippen molar-refractivity contribution in [2.75, 3.05) is 11.4 Å². The number of anilines is 1. The van der Waals surface area contributed by atoms with Crippen LogP contribution in [0.25, 0.3) is 11.0 Å². The van der Waals surface area contributed by atoms with Crippen LogP contribution in [0.5, 0.6) is 0 Å². The summed E-state index contributed by atoms with van der Waals surface area (Å²) in [6, 6.07) is 25.4. The smallest absolute Gasteiger partial charge is 0.249 e. The lowest BCUT2D eigenvalue weighted by Crippen LogP contribution is -2.45. The molecule has 7 heteroatoms. The summed E-state index contributed by atoms with van der Waals surface area (Å²) in [5.41, 5.74) is 2.86. The number of hydrogen-bond acceptors (Lipinski definition) is 4. The molecule has 3 aromatic carbocycles. The van der Waals surface area contributed by atoms with Gasteiger partial charge in [-0.15, -0.1) is 5.10 Å². The van der Waals surface area contributed by atoms with Crippen LogP contribution in [0.2, 0.25) is 0 Å². The fraction of sp³-hybridized carbons (Fsp3) is 0.259. The van der Waals surface area contributed by atoms with E-state index in [2.05, 4.69) is 29.5 Å². The fourth-order valence-electron chi connectivity index (χ4n) is 3.90. The molecule has 1 heterocycles. The molecule has 0 aliphatic heterocycles. The highest BCUT2D eigenvalue weighted by Gasteiger charge is 2.33. The lowest BCUT2D eigenvalue weighted by Gasteiger charge is -2.31.